The highest BCUT2D eigenvalue weighted by molar-refractivity contribution is 5.30. The Kier molecular flexibility index (Phi) is 5.51. The fraction of sp³-hybridized carbons (Fsp3) is 0.455. The number of hydrogen-bond donors (Lipinski definition) is 2. The van der Waals surface area contributed by atoms with Crippen molar-refractivity contribution in [3.63, 3.8) is 0 Å². The molecule has 0 amide bonds. The van der Waals surface area contributed by atoms with E-state index in [4.69, 9.17) is 18.9 Å². The van der Waals surface area contributed by atoms with Crippen molar-refractivity contribution in [3.05, 3.63) is 71.3 Å². The van der Waals surface area contributed by atoms with Crippen LogP contribution in [0.15, 0.2) is 54.6 Å². The van der Waals surface area contributed by atoms with Crippen molar-refractivity contribution in [2.45, 2.75) is 50.3 Å². The lowest BCUT2D eigenvalue weighted by Gasteiger charge is -2.50. The van der Waals surface area contributed by atoms with Crippen LogP contribution in [0.2, 0.25) is 0 Å². The smallest absolute Gasteiger partial charge is 0.192 e. The molecule has 2 saturated heterocycles. The van der Waals surface area contributed by atoms with Gasteiger partial charge in [0.1, 0.15) is 24.4 Å². The number of benzene rings is 2. The van der Waals surface area contributed by atoms with Gasteiger partial charge in [0, 0.05) is 11.1 Å². The normalized spacial score (nSPS) is 33.9. The third kappa shape index (κ3) is 3.59. The summed E-state index contributed by atoms with van der Waals surface area (Å²) >= 11 is 0. The molecule has 0 spiro atoms. The molecule has 0 aromatic heterocycles. The molecule has 2 fully saturated rings. The molecule has 2 aliphatic heterocycles. The molecule has 6 heteroatoms. The zero-order chi connectivity index (χ0) is 19.7. The van der Waals surface area contributed by atoms with Gasteiger partial charge in [-0.2, -0.15) is 0 Å². The lowest BCUT2D eigenvalue weighted by atomic mass is 9.95. The van der Waals surface area contributed by atoms with Gasteiger partial charge in [0.15, 0.2) is 12.1 Å². The number of aryl methyl sites for hydroxylation is 1. The maximum atomic E-state index is 10.4. The summed E-state index contributed by atoms with van der Waals surface area (Å²) in [5.74, 6) is -0.994. The van der Waals surface area contributed by atoms with Gasteiger partial charge in [0.25, 0.3) is 0 Å². The lowest BCUT2D eigenvalue weighted by Crippen LogP contribution is -2.61. The summed E-state index contributed by atoms with van der Waals surface area (Å²) in [7, 11) is 0. The van der Waals surface area contributed by atoms with Crippen molar-refractivity contribution in [1.82, 2.24) is 0 Å². The Labute approximate surface area is 164 Å². The monoisotopic (exact) mass is 386 g/mol. The first-order valence-electron chi connectivity index (χ1n) is 9.54. The summed E-state index contributed by atoms with van der Waals surface area (Å²) in [6.45, 7) is 3.72. The number of hydrogen-bond acceptors (Lipinski definition) is 6. The molecular weight excluding hydrogens is 360 g/mol. The second-order valence-corrected chi connectivity index (χ2v) is 7.42. The number of aliphatic hydroxyl groups is 2. The highest BCUT2D eigenvalue weighted by atomic mass is 16.8. The highest BCUT2D eigenvalue weighted by Gasteiger charge is 2.51. The quantitative estimate of drug-likeness (QED) is 0.840. The molecule has 2 N–H and O–H groups in total. The first kappa shape index (κ1) is 19.5. The van der Waals surface area contributed by atoms with Crippen LogP contribution in [0.4, 0.5) is 0 Å². The Balaban J connectivity index is 1.62. The van der Waals surface area contributed by atoms with Crippen LogP contribution in [0.1, 0.15) is 29.9 Å². The average molecular weight is 386 g/mol. The van der Waals surface area contributed by atoms with Gasteiger partial charge in [-0.15, -0.1) is 0 Å². The predicted molar refractivity (Wildman–Crippen MR) is 101 cm³/mol. The van der Waals surface area contributed by atoms with E-state index >= 15 is 0 Å². The summed E-state index contributed by atoms with van der Waals surface area (Å²) in [5.41, 5.74) is 2.79. The number of aliphatic hydroxyl groups excluding tert-OH is 2. The van der Waals surface area contributed by atoms with Crippen molar-refractivity contribution < 1.29 is 29.2 Å². The van der Waals surface area contributed by atoms with Gasteiger partial charge in [-0.25, -0.2) is 0 Å². The first-order chi connectivity index (χ1) is 13.5. The molecule has 2 aromatic rings. The number of ether oxygens (including phenoxy) is 4. The predicted octanol–water partition coefficient (Wildman–Crippen LogP) is 2.42. The average Bonchev–Trinajstić information content (AvgIpc) is 2.73. The van der Waals surface area contributed by atoms with E-state index in [0.29, 0.717) is 0 Å². The Morgan fingerprint density at radius 3 is 2.50 bits per heavy atom. The molecule has 2 unspecified atom stereocenters. The molecule has 0 bridgehead atoms. The Bertz CT molecular complexity index is 797. The molecule has 150 valence electrons. The minimum atomic E-state index is -1.10. The summed E-state index contributed by atoms with van der Waals surface area (Å²) in [6, 6.07) is 17.4. The van der Waals surface area contributed by atoms with Gasteiger partial charge in [-0.1, -0.05) is 54.6 Å². The van der Waals surface area contributed by atoms with Gasteiger partial charge in [-0.05, 0) is 19.4 Å². The first-order valence-corrected chi connectivity index (χ1v) is 9.54. The van der Waals surface area contributed by atoms with Gasteiger partial charge >= 0.3 is 0 Å². The molecular formula is C22H26O6. The van der Waals surface area contributed by atoms with Gasteiger partial charge in [-0.3, -0.25) is 0 Å². The fourth-order valence-corrected chi connectivity index (χ4v) is 3.92. The van der Waals surface area contributed by atoms with Gasteiger partial charge in [0.05, 0.1) is 13.2 Å². The molecule has 0 aliphatic carbocycles. The van der Waals surface area contributed by atoms with E-state index in [1.54, 1.807) is 0 Å². The van der Waals surface area contributed by atoms with E-state index in [2.05, 4.69) is 0 Å². The minimum absolute atomic E-state index is 0.289. The molecule has 28 heavy (non-hydrogen) atoms. The van der Waals surface area contributed by atoms with E-state index in [-0.39, 0.29) is 6.61 Å². The van der Waals surface area contributed by atoms with Crippen LogP contribution in [0.3, 0.4) is 0 Å². The van der Waals surface area contributed by atoms with Crippen molar-refractivity contribution in [2.75, 3.05) is 13.2 Å². The summed E-state index contributed by atoms with van der Waals surface area (Å²) < 4.78 is 24.6. The number of rotatable bonds is 4. The highest BCUT2D eigenvalue weighted by Crippen LogP contribution is 2.42. The van der Waals surface area contributed by atoms with Crippen molar-refractivity contribution in [1.29, 1.82) is 0 Å². The topological polar surface area (TPSA) is 77.4 Å². The van der Waals surface area contributed by atoms with Crippen LogP contribution in [-0.2, 0) is 24.7 Å². The Morgan fingerprint density at radius 2 is 1.79 bits per heavy atom. The second-order valence-electron chi connectivity index (χ2n) is 7.42. The van der Waals surface area contributed by atoms with Crippen LogP contribution >= 0.6 is 0 Å². The van der Waals surface area contributed by atoms with Crippen molar-refractivity contribution >= 4 is 0 Å². The van der Waals surface area contributed by atoms with E-state index in [1.165, 1.54) is 0 Å². The maximum absolute atomic E-state index is 10.4. The molecule has 2 aliphatic rings. The third-order valence-corrected chi connectivity index (χ3v) is 5.43. The van der Waals surface area contributed by atoms with E-state index < -0.39 is 43.1 Å². The largest absolute Gasteiger partial charge is 0.394 e. The standard InChI is InChI=1S/C22H26O6/c1-14-8-6-7-11-16(14)22(2)25-13-18-20(28-22)19(17(24)12-23)27-21(26-18)15-9-4-3-5-10-15/h3-11,17-21,23-24H,12-13H2,1-2H3/t17-,18+,19-,20-,21?,22?/m1/s1. The van der Waals surface area contributed by atoms with E-state index in [1.807, 2.05) is 68.4 Å². The number of fused-ring (bicyclic) bond motifs is 1. The second kappa shape index (κ2) is 7.91. The fourth-order valence-electron chi connectivity index (χ4n) is 3.92. The Morgan fingerprint density at radius 1 is 1.07 bits per heavy atom. The van der Waals surface area contributed by atoms with Gasteiger partial charge < -0.3 is 29.2 Å². The molecule has 2 heterocycles. The molecule has 2 aromatic carbocycles. The summed E-state index contributed by atoms with van der Waals surface area (Å²) in [5, 5.41) is 20.0. The molecule has 0 radical (unpaired) electrons. The van der Waals surface area contributed by atoms with Crippen LogP contribution in [0.5, 0.6) is 0 Å². The lowest BCUT2D eigenvalue weighted by molar-refractivity contribution is -0.403. The van der Waals surface area contributed by atoms with E-state index in [0.717, 1.165) is 16.7 Å². The van der Waals surface area contributed by atoms with E-state index in [9.17, 15) is 10.2 Å². The van der Waals surface area contributed by atoms with Gasteiger partial charge in [0.2, 0.25) is 0 Å². The van der Waals surface area contributed by atoms with Crippen molar-refractivity contribution in [2.24, 2.45) is 0 Å². The Hall–Kier alpha value is -1.80. The van der Waals surface area contributed by atoms with Crippen LogP contribution in [0, 0.1) is 6.92 Å². The molecule has 4 rings (SSSR count). The zero-order valence-electron chi connectivity index (χ0n) is 16.0. The molecule has 6 atom stereocenters. The third-order valence-electron chi connectivity index (χ3n) is 5.43. The van der Waals surface area contributed by atoms with Crippen molar-refractivity contribution in [3.8, 4) is 0 Å². The van der Waals surface area contributed by atoms with Crippen LogP contribution in [-0.4, -0.2) is 47.8 Å². The SMILES string of the molecule is Cc1ccccc1C1(C)OC[C@@H]2OC(c3ccccc3)O[C@H]([C@H](O)CO)[C@@H]2O1. The van der Waals surface area contributed by atoms with Crippen LogP contribution in [0.25, 0.3) is 0 Å². The van der Waals surface area contributed by atoms with Crippen LogP contribution < -0.4 is 0 Å². The zero-order valence-corrected chi connectivity index (χ0v) is 16.0. The summed E-state index contributed by atoms with van der Waals surface area (Å²) in [4.78, 5) is 0. The molecule has 0 saturated carbocycles. The molecule has 6 nitrogen and oxygen atoms in total. The minimum Gasteiger partial charge on any atom is -0.394 e. The summed E-state index contributed by atoms with van der Waals surface area (Å²) in [6.07, 6.45) is -3.52. The maximum Gasteiger partial charge on any atom is 0.192 e.